The molecule has 2 N–H and O–H groups in total. The first-order valence-electron chi connectivity index (χ1n) is 5.23. The predicted octanol–water partition coefficient (Wildman–Crippen LogP) is -1.21. The van der Waals surface area contributed by atoms with Crippen LogP contribution in [-0.4, -0.2) is 66.7 Å². The predicted molar refractivity (Wildman–Crippen MR) is 64.2 cm³/mol. The average Bonchev–Trinajstić information content (AvgIpc) is 2.26. The Bertz CT molecular complexity index is 346. The van der Waals surface area contributed by atoms with Crippen molar-refractivity contribution in [1.29, 1.82) is 0 Å². The van der Waals surface area contributed by atoms with Gasteiger partial charge in [0.2, 0.25) is 5.91 Å². The molecule has 0 aromatic heterocycles. The van der Waals surface area contributed by atoms with E-state index in [1.54, 1.807) is 0 Å². The standard InChI is InChI=1S/C10H19NO5S/c1-3-8-17(15,16)9(2)10(14)11(4-6-12)5-7-13/h3,9,12-13H,1,4-8H2,2H3. The van der Waals surface area contributed by atoms with Crippen molar-refractivity contribution in [2.75, 3.05) is 32.1 Å². The minimum absolute atomic E-state index is 0.00728. The zero-order valence-electron chi connectivity index (χ0n) is 9.87. The molecule has 0 spiro atoms. The fourth-order valence-electron chi connectivity index (χ4n) is 1.29. The minimum Gasteiger partial charge on any atom is -0.395 e. The van der Waals surface area contributed by atoms with Crippen molar-refractivity contribution in [3.63, 3.8) is 0 Å². The molecule has 0 radical (unpaired) electrons. The normalized spacial score (nSPS) is 13.1. The Balaban J connectivity index is 4.81. The van der Waals surface area contributed by atoms with Crippen LogP contribution in [0.4, 0.5) is 0 Å². The van der Waals surface area contributed by atoms with Crippen LogP contribution in [0, 0.1) is 0 Å². The van der Waals surface area contributed by atoms with Crippen molar-refractivity contribution in [3.05, 3.63) is 12.7 Å². The van der Waals surface area contributed by atoms with E-state index in [1.165, 1.54) is 13.0 Å². The van der Waals surface area contributed by atoms with Crippen LogP contribution in [0.2, 0.25) is 0 Å². The summed E-state index contributed by atoms with van der Waals surface area (Å²) < 4.78 is 23.3. The van der Waals surface area contributed by atoms with Crippen molar-refractivity contribution in [1.82, 2.24) is 4.90 Å². The molecule has 6 nitrogen and oxygen atoms in total. The van der Waals surface area contributed by atoms with Crippen LogP contribution in [0.1, 0.15) is 6.92 Å². The van der Waals surface area contributed by atoms with E-state index in [-0.39, 0.29) is 32.1 Å². The fourth-order valence-corrected chi connectivity index (χ4v) is 2.37. The molecule has 1 amide bonds. The summed E-state index contributed by atoms with van der Waals surface area (Å²) in [6.07, 6.45) is 1.22. The van der Waals surface area contributed by atoms with Crippen LogP contribution in [0.25, 0.3) is 0 Å². The van der Waals surface area contributed by atoms with E-state index in [0.29, 0.717) is 0 Å². The highest BCUT2D eigenvalue weighted by atomic mass is 32.2. The number of amides is 1. The lowest BCUT2D eigenvalue weighted by Crippen LogP contribution is -2.44. The summed E-state index contributed by atoms with van der Waals surface area (Å²) in [4.78, 5) is 13.0. The van der Waals surface area contributed by atoms with E-state index in [1.807, 2.05) is 0 Å². The van der Waals surface area contributed by atoms with Gasteiger partial charge in [-0.15, -0.1) is 6.58 Å². The molecule has 17 heavy (non-hydrogen) atoms. The summed E-state index contributed by atoms with van der Waals surface area (Å²) in [7, 11) is -3.56. The molecule has 100 valence electrons. The largest absolute Gasteiger partial charge is 0.395 e. The highest BCUT2D eigenvalue weighted by Crippen LogP contribution is 2.07. The number of sulfone groups is 1. The van der Waals surface area contributed by atoms with Gasteiger partial charge in [-0.25, -0.2) is 8.42 Å². The molecule has 0 bridgehead atoms. The fraction of sp³-hybridized carbons (Fsp3) is 0.700. The highest BCUT2D eigenvalue weighted by Gasteiger charge is 2.30. The van der Waals surface area contributed by atoms with E-state index < -0.39 is 21.0 Å². The van der Waals surface area contributed by atoms with Gasteiger partial charge in [0.15, 0.2) is 9.84 Å². The molecule has 0 aromatic carbocycles. The Morgan fingerprint density at radius 2 is 1.82 bits per heavy atom. The van der Waals surface area contributed by atoms with Crippen LogP contribution in [0.3, 0.4) is 0 Å². The monoisotopic (exact) mass is 265 g/mol. The molecule has 1 unspecified atom stereocenters. The average molecular weight is 265 g/mol. The molecule has 0 rings (SSSR count). The smallest absolute Gasteiger partial charge is 0.240 e. The third kappa shape index (κ3) is 4.84. The number of nitrogens with zero attached hydrogens (tertiary/aromatic N) is 1. The second-order valence-corrected chi connectivity index (χ2v) is 5.90. The van der Waals surface area contributed by atoms with Crippen molar-refractivity contribution in [2.24, 2.45) is 0 Å². The van der Waals surface area contributed by atoms with Gasteiger partial charge < -0.3 is 15.1 Å². The maximum absolute atomic E-state index is 11.8. The van der Waals surface area contributed by atoms with Gasteiger partial charge in [0, 0.05) is 13.1 Å². The summed E-state index contributed by atoms with van der Waals surface area (Å²) in [6.45, 7) is 4.07. The molecule has 0 aromatic rings. The van der Waals surface area contributed by atoms with Crippen molar-refractivity contribution >= 4 is 15.7 Å². The van der Waals surface area contributed by atoms with E-state index in [2.05, 4.69) is 6.58 Å². The Morgan fingerprint density at radius 3 is 2.18 bits per heavy atom. The Morgan fingerprint density at radius 1 is 1.35 bits per heavy atom. The Hall–Kier alpha value is -0.920. The third-order valence-corrected chi connectivity index (χ3v) is 4.27. The number of carbonyl (C=O) groups excluding carboxylic acids is 1. The minimum atomic E-state index is -3.56. The van der Waals surface area contributed by atoms with Crippen molar-refractivity contribution < 1.29 is 23.4 Å². The first-order valence-corrected chi connectivity index (χ1v) is 6.95. The Labute approximate surface area is 101 Å². The molecule has 0 aliphatic carbocycles. The van der Waals surface area contributed by atoms with Gasteiger partial charge in [0.1, 0.15) is 5.25 Å². The topological polar surface area (TPSA) is 94.9 Å². The first-order chi connectivity index (χ1) is 7.90. The Kier molecular flexibility index (Phi) is 7.01. The number of aliphatic hydroxyl groups excluding tert-OH is 2. The molecule has 0 fully saturated rings. The summed E-state index contributed by atoms with van der Waals surface area (Å²) in [6, 6.07) is 0. The second kappa shape index (κ2) is 7.41. The van der Waals surface area contributed by atoms with E-state index >= 15 is 0 Å². The quantitative estimate of drug-likeness (QED) is 0.537. The third-order valence-electron chi connectivity index (χ3n) is 2.29. The molecule has 0 heterocycles. The maximum Gasteiger partial charge on any atom is 0.240 e. The van der Waals surface area contributed by atoms with E-state index in [4.69, 9.17) is 10.2 Å². The molecular weight excluding hydrogens is 246 g/mol. The maximum atomic E-state index is 11.8. The van der Waals surface area contributed by atoms with Crippen LogP contribution < -0.4 is 0 Å². The summed E-state index contributed by atoms with van der Waals surface area (Å²) in [5.74, 6) is -0.888. The van der Waals surface area contributed by atoms with Gasteiger partial charge >= 0.3 is 0 Å². The molecule has 0 saturated heterocycles. The molecule has 0 aliphatic rings. The van der Waals surface area contributed by atoms with Gasteiger partial charge in [0.25, 0.3) is 0 Å². The molecule has 0 saturated carbocycles. The van der Waals surface area contributed by atoms with E-state index in [9.17, 15) is 13.2 Å². The number of rotatable bonds is 8. The number of aliphatic hydroxyl groups is 2. The van der Waals surface area contributed by atoms with Gasteiger partial charge in [-0.1, -0.05) is 6.08 Å². The zero-order chi connectivity index (χ0) is 13.5. The van der Waals surface area contributed by atoms with E-state index in [0.717, 1.165) is 4.90 Å². The lowest BCUT2D eigenvalue weighted by Gasteiger charge is -2.24. The van der Waals surface area contributed by atoms with Crippen LogP contribution in [0.5, 0.6) is 0 Å². The lowest BCUT2D eigenvalue weighted by molar-refractivity contribution is -0.131. The molecule has 7 heteroatoms. The van der Waals surface area contributed by atoms with Crippen molar-refractivity contribution in [2.45, 2.75) is 12.2 Å². The molecule has 0 aliphatic heterocycles. The van der Waals surface area contributed by atoms with Crippen LogP contribution in [-0.2, 0) is 14.6 Å². The van der Waals surface area contributed by atoms with Gasteiger partial charge in [0.05, 0.1) is 19.0 Å². The SMILES string of the molecule is C=CCS(=O)(=O)C(C)C(=O)N(CCO)CCO. The first kappa shape index (κ1) is 16.1. The second-order valence-electron chi connectivity index (χ2n) is 3.53. The number of hydrogen-bond acceptors (Lipinski definition) is 5. The molecular formula is C10H19NO5S. The number of hydrogen-bond donors (Lipinski definition) is 2. The summed E-state index contributed by atoms with van der Waals surface area (Å²) in [5.41, 5.74) is 0. The van der Waals surface area contributed by atoms with Crippen LogP contribution >= 0.6 is 0 Å². The van der Waals surface area contributed by atoms with Gasteiger partial charge in [-0.2, -0.15) is 0 Å². The summed E-state index contributed by atoms with van der Waals surface area (Å²) >= 11 is 0. The summed E-state index contributed by atoms with van der Waals surface area (Å²) in [5, 5.41) is 16.3. The van der Waals surface area contributed by atoms with Crippen molar-refractivity contribution in [3.8, 4) is 0 Å². The lowest BCUT2D eigenvalue weighted by atomic mass is 10.3. The van der Waals surface area contributed by atoms with Gasteiger partial charge in [-0.3, -0.25) is 4.79 Å². The molecule has 1 atom stereocenters. The highest BCUT2D eigenvalue weighted by molar-refractivity contribution is 7.92. The van der Waals surface area contributed by atoms with Gasteiger partial charge in [-0.05, 0) is 6.92 Å². The zero-order valence-corrected chi connectivity index (χ0v) is 10.7. The number of carbonyl (C=O) groups is 1. The van der Waals surface area contributed by atoms with Crippen LogP contribution in [0.15, 0.2) is 12.7 Å².